The average Bonchev–Trinajstić information content (AvgIpc) is 2.34. The maximum Gasteiger partial charge on any atom is 0.314 e. The third-order valence-electron chi connectivity index (χ3n) is 2.69. The summed E-state index contributed by atoms with van der Waals surface area (Å²) in [5.41, 5.74) is 0.804. The molecule has 1 atom stereocenters. The summed E-state index contributed by atoms with van der Waals surface area (Å²) < 4.78 is 5.14. The molecule has 0 spiro atoms. The first-order chi connectivity index (χ1) is 8.97. The number of esters is 1. The zero-order valence-electron chi connectivity index (χ0n) is 11.2. The number of ether oxygens (including phenoxy) is 1. The first-order valence-corrected chi connectivity index (χ1v) is 6.74. The SMILES string of the molecule is CC#CCOC(=O)C(c1ccc(Cl)c(Cl)c1)C(C)C. The third-order valence-corrected chi connectivity index (χ3v) is 3.43. The van der Waals surface area contributed by atoms with E-state index < -0.39 is 0 Å². The standard InChI is InChI=1S/C15H16Cl2O2/c1-4-5-8-19-15(18)14(10(2)3)11-6-7-12(16)13(17)9-11/h6-7,9-10,14H,8H2,1-3H3. The lowest BCUT2D eigenvalue weighted by Gasteiger charge is -2.19. The molecule has 0 bridgehead atoms. The minimum Gasteiger partial charge on any atom is -0.452 e. The summed E-state index contributed by atoms with van der Waals surface area (Å²) in [6.07, 6.45) is 0. The fourth-order valence-corrected chi connectivity index (χ4v) is 2.07. The number of rotatable bonds is 4. The Morgan fingerprint density at radius 1 is 1.32 bits per heavy atom. The van der Waals surface area contributed by atoms with Crippen LogP contribution in [0.5, 0.6) is 0 Å². The van der Waals surface area contributed by atoms with E-state index >= 15 is 0 Å². The summed E-state index contributed by atoms with van der Waals surface area (Å²) in [6.45, 7) is 5.73. The van der Waals surface area contributed by atoms with Crippen LogP contribution in [-0.2, 0) is 9.53 Å². The van der Waals surface area contributed by atoms with E-state index in [1.165, 1.54) is 0 Å². The summed E-state index contributed by atoms with van der Waals surface area (Å²) in [5, 5.41) is 0.907. The Labute approximate surface area is 124 Å². The van der Waals surface area contributed by atoms with Crippen LogP contribution in [0.15, 0.2) is 18.2 Å². The summed E-state index contributed by atoms with van der Waals surface area (Å²) in [6, 6.07) is 5.20. The summed E-state index contributed by atoms with van der Waals surface area (Å²) >= 11 is 11.9. The molecule has 0 fully saturated rings. The smallest absolute Gasteiger partial charge is 0.314 e. The van der Waals surface area contributed by atoms with E-state index in [0.29, 0.717) is 10.0 Å². The van der Waals surface area contributed by atoms with Crippen molar-refractivity contribution in [2.45, 2.75) is 26.7 Å². The molecule has 0 saturated heterocycles. The van der Waals surface area contributed by atoms with Gasteiger partial charge in [0, 0.05) is 0 Å². The van der Waals surface area contributed by atoms with Gasteiger partial charge in [0.1, 0.15) is 0 Å². The van der Waals surface area contributed by atoms with Crippen molar-refractivity contribution in [1.29, 1.82) is 0 Å². The normalized spacial score (nSPS) is 11.7. The highest BCUT2D eigenvalue weighted by atomic mass is 35.5. The van der Waals surface area contributed by atoms with Crippen molar-refractivity contribution >= 4 is 29.2 Å². The predicted molar refractivity (Wildman–Crippen MR) is 78.5 cm³/mol. The molecule has 2 nitrogen and oxygen atoms in total. The molecule has 0 aliphatic heterocycles. The Morgan fingerprint density at radius 2 is 2.00 bits per heavy atom. The van der Waals surface area contributed by atoms with Crippen LogP contribution in [0.1, 0.15) is 32.3 Å². The van der Waals surface area contributed by atoms with Crippen LogP contribution in [0.3, 0.4) is 0 Å². The molecule has 19 heavy (non-hydrogen) atoms. The molecule has 1 aromatic carbocycles. The highest BCUT2D eigenvalue weighted by Gasteiger charge is 2.26. The first-order valence-electron chi connectivity index (χ1n) is 5.98. The number of hydrogen-bond acceptors (Lipinski definition) is 2. The Kier molecular flexibility index (Phi) is 6.21. The molecular formula is C15H16Cl2O2. The van der Waals surface area contributed by atoms with Crippen LogP contribution < -0.4 is 0 Å². The second-order valence-electron chi connectivity index (χ2n) is 4.43. The molecule has 0 saturated carbocycles. The van der Waals surface area contributed by atoms with E-state index in [4.69, 9.17) is 27.9 Å². The van der Waals surface area contributed by atoms with Crippen molar-refractivity contribution in [2.75, 3.05) is 6.61 Å². The first kappa shape index (κ1) is 15.9. The van der Waals surface area contributed by atoms with E-state index in [-0.39, 0.29) is 24.4 Å². The number of benzene rings is 1. The topological polar surface area (TPSA) is 26.3 Å². The third kappa shape index (κ3) is 4.45. The zero-order valence-corrected chi connectivity index (χ0v) is 12.7. The second kappa shape index (κ2) is 7.43. The molecular weight excluding hydrogens is 283 g/mol. The van der Waals surface area contributed by atoms with Crippen LogP contribution in [-0.4, -0.2) is 12.6 Å². The monoisotopic (exact) mass is 298 g/mol. The molecule has 0 radical (unpaired) electrons. The van der Waals surface area contributed by atoms with Crippen LogP contribution in [0, 0.1) is 17.8 Å². The van der Waals surface area contributed by atoms with E-state index in [1.807, 2.05) is 13.8 Å². The van der Waals surface area contributed by atoms with Gasteiger partial charge < -0.3 is 4.74 Å². The van der Waals surface area contributed by atoms with Gasteiger partial charge in [-0.1, -0.05) is 49.0 Å². The van der Waals surface area contributed by atoms with Crippen LogP contribution >= 0.6 is 23.2 Å². The Balaban J connectivity index is 2.95. The Hall–Kier alpha value is -1.17. The molecule has 0 aliphatic rings. The minimum absolute atomic E-state index is 0.0966. The van der Waals surface area contributed by atoms with Crippen molar-refractivity contribution < 1.29 is 9.53 Å². The van der Waals surface area contributed by atoms with Gasteiger partial charge in [0.15, 0.2) is 6.61 Å². The lowest BCUT2D eigenvalue weighted by Crippen LogP contribution is -2.21. The van der Waals surface area contributed by atoms with E-state index in [1.54, 1.807) is 25.1 Å². The Morgan fingerprint density at radius 3 is 2.53 bits per heavy atom. The molecule has 0 aliphatic carbocycles. The van der Waals surface area contributed by atoms with E-state index in [9.17, 15) is 4.79 Å². The van der Waals surface area contributed by atoms with Crippen molar-refractivity contribution in [3.63, 3.8) is 0 Å². The van der Waals surface area contributed by atoms with Gasteiger partial charge in [0.2, 0.25) is 0 Å². The molecule has 0 aromatic heterocycles. The van der Waals surface area contributed by atoms with Crippen molar-refractivity contribution in [3.05, 3.63) is 33.8 Å². The van der Waals surface area contributed by atoms with Gasteiger partial charge in [-0.3, -0.25) is 4.79 Å². The lowest BCUT2D eigenvalue weighted by atomic mass is 9.88. The largest absolute Gasteiger partial charge is 0.452 e. The van der Waals surface area contributed by atoms with Crippen molar-refractivity contribution in [1.82, 2.24) is 0 Å². The van der Waals surface area contributed by atoms with Crippen molar-refractivity contribution in [3.8, 4) is 11.8 Å². The van der Waals surface area contributed by atoms with Crippen LogP contribution in [0.25, 0.3) is 0 Å². The van der Waals surface area contributed by atoms with E-state index in [2.05, 4.69) is 11.8 Å². The summed E-state index contributed by atoms with van der Waals surface area (Å²) in [7, 11) is 0. The highest BCUT2D eigenvalue weighted by molar-refractivity contribution is 6.42. The number of carbonyl (C=O) groups excluding carboxylic acids is 1. The zero-order chi connectivity index (χ0) is 14.4. The van der Waals surface area contributed by atoms with Crippen molar-refractivity contribution in [2.24, 2.45) is 5.92 Å². The Bertz CT molecular complexity index is 513. The van der Waals surface area contributed by atoms with Gasteiger partial charge in [0.25, 0.3) is 0 Å². The van der Waals surface area contributed by atoms with Crippen LogP contribution in [0.4, 0.5) is 0 Å². The molecule has 1 rings (SSSR count). The number of hydrogen-bond donors (Lipinski definition) is 0. The van der Waals surface area contributed by atoms with Gasteiger partial charge in [-0.05, 0) is 30.5 Å². The maximum absolute atomic E-state index is 12.1. The summed E-state index contributed by atoms with van der Waals surface area (Å²) in [5.74, 6) is 4.82. The fraction of sp³-hybridized carbons (Fsp3) is 0.400. The van der Waals surface area contributed by atoms with Gasteiger partial charge in [-0.15, -0.1) is 5.92 Å². The average molecular weight is 299 g/mol. The molecule has 0 heterocycles. The quantitative estimate of drug-likeness (QED) is 0.612. The predicted octanol–water partition coefficient (Wildman–Crippen LogP) is 4.30. The second-order valence-corrected chi connectivity index (χ2v) is 5.24. The van der Waals surface area contributed by atoms with Crippen LogP contribution in [0.2, 0.25) is 10.0 Å². The molecule has 102 valence electrons. The number of halogens is 2. The fourth-order valence-electron chi connectivity index (χ4n) is 1.77. The van der Waals surface area contributed by atoms with Gasteiger partial charge >= 0.3 is 5.97 Å². The minimum atomic E-state index is -0.367. The van der Waals surface area contributed by atoms with Gasteiger partial charge in [-0.25, -0.2) is 0 Å². The molecule has 0 amide bonds. The van der Waals surface area contributed by atoms with Gasteiger partial charge in [-0.2, -0.15) is 0 Å². The molecule has 4 heteroatoms. The summed E-state index contributed by atoms with van der Waals surface area (Å²) in [4.78, 5) is 12.1. The highest BCUT2D eigenvalue weighted by Crippen LogP contribution is 2.31. The molecule has 1 unspecified atom stereocenters. The van der Waals surface area contributed by atoms with E-state index in [0.717, 1.165) is 5.56 Å². The molecule has 0 N–H and O–H groups in total. The lowest BCUT2D eigenvalue weighted by molar-refractivity contribution is -0.145. The van der Waals surface area contributed by atoms with Gasteiger partial charge in [0.05, 0.1) is 16.0 Å². The maximum atomic E-state index is 12.1. The molecule has 1 aromatic rings. The number of carbonyl (C=O) groups is 1.